The van der Waals surface area contributed by atoms with Crippen LogP contribution in [-0.4, -0.2) is 75.7 Å². The number of sulfone groups is 1. The summed E-state index contributed by atoms with van der Waals surface area (Å²) in [5, 5.41) is 16.2. The molecule has 1 saturated heterocycles. The molecule has 2 fully saturated rings. The van der Waals surface area contributed by atoms with E-state index in [0.717, 1.165) is 18.4 Å². The minimum absolute atomic E-state index is 0.0308. The highest BCUT2D eigenvalue weighted by Gasteiger charge is 2.65. The van der Waals surface area contributed by atoms with Crippen molar-refractivity contribution in [1.29, 1.82) is 5.26 Å². The van der Waals surface area contributed by atoms with E-state index in [4.69, 9.17) is 22.1 Å². The van der Waals surface area contributed by atoms with Gasteiger partial charge in [0.15, 0.2) is 4.87 Å². The van der Waals surface area contributed by atoms with E-state index in [1.807, 2.05) is 19.1 Å². The Morgan fingerprint density at radius 1 is 1.30 bits per heavy atom. The van der Waals surface area contributed by atoms with Crippen LogP contribution in [0.25, 0.3) is 0 Å². The number of aromatic nitrogens is 2. The number of benzene rings is 1. The fraction of sp³-hybridized carbons (Fsp3) is 0.552. The van der Waals surface area contributed by atoms with E-state index in [9.17, 15) is 18.5 Å². The highest BCUT2D eigenvalue weighted by Crippen LogP contribution is 2.53. The van der Waals surface area contributed by atoms with Crippen molar-refractivity contribution in [3.8, 4) is 11.9 Å². The van der Waals surface area contributed by atoms with Crippen LogP contribution in [0.1, 0.15) is 63.5 Å². The third-order valence-electron chi connectivity index (χ3n) is 8.93. The van der Waals surface area contributed by atoms with Crippen molar-refractivity contribution >= 4 is 44.8 Å². The molecule has 3 heterocycles. The van der Waals surface area contributed by atoms with Crippen LogP contribution in [0.3, 0.4) is 0 Å². The van der Waals surface area contributed by atoms with Crippen LogP contribution in [0.15, 0.2) is 39.4 Å². The van der Waals surface area contributed by atoms with Crippen molar-refractivity contribution in [3.05, 3.63) is 35.5 Å². The van der Waals surface area contributed by atoms with Crippen molar-refractivity contribution in [2.45, 2.75) is 80.0 Å². The Kier molecular flexibility index (Phi) is 7.86. The minimum Gasteiger partial charge on any atom is -0.485 e. The molecule has 0 spiro atoms. The maximum absolute atomic E-state index is 13.0. The van der Waals surface area contributed by atoms with Gasteiger partial charge in [-0.05, 0) is 62.8 Å². The number of halogens is 1. The summed E-state index contributed by atoms with van der Waals surface area (Å²) in [6.45, 7) is 7.81. The molecule has 1 amide bonds. The topological polar surface area (TPSA) is 165 Å². The van der Waals surface area contributed by atoms with Gasteiger partial charge in [0, 0.05) is 26.1 Å². The Hall–Kier alpha value is -3.47. The molecule has 1 aromatic heterocycles. The fourth-order valence-electron chi connectivity index (χ4n) is 6.00. The second kappa shape index (κ2) is 10.9. The lowest BCUT2D eigenvalue weighted by atomic mass is 9.86. The van der Waals surface area contributed by atoms with E-state index in [2.05, 4.69) is 32.7 Å². The number of carbonyl (C=O) groups is 1. The molecule has 3 aliphatic rings. The number of nitrogens with zero attached hydrogens (tertiary/aromatic N) is 6. The number of amidine groups is 1. The Morgan fingerprint density at radius 2 is 1.98 bits per heavy atom. The summed E-state index contributed by atoms with van der Waals surface area (Å²) in [7, 11) is -2.06. The van der Waals surface area contributed by atoms with Gasteiger partial charge in [-0.15, -0.1) is 16.9 Å². The van der Waals surface area contributed by atoms with Crippen molar-refractivity contribution in [2.24, 2.45) is 22.8 Å². The van der Waals surface area contributed by atoms with Crippen LogP contribution in [0.4, 0.5) is 5.69 Å². The molecule has 1 saturated carbocycles. The first-order valence-electron chi connectivity index (χ1n) is 14.4. The zero-order valence-electron chi connectivity index (χ0n) is 25.1. The number of hydrogen-bond acceptors (Lipinski definition) is 10. The molecule has 2 aromatic rings. The lowest BCUT2D eigenvalue weighted by Crippen LogP contribution is -2.57. The molecule has 1 unspecified atom stereocenters. The SMILES string of the molecule is CC(=O)[N+]1(C#N)CCC(c2ccc(OC3(C4(Cl)CN=C(N)N=C4Nc4cn(C)nc4S(=O)(=O)C(C)C)CC3)cc2C)CC1. The van der Waals surface area contributed by atoms with Crippen LogP contribution in [-0.2, 0) is 21.7 Å². The number of alkyl halides is 1. The van der Waals surface area contributed by atoms with E-state index >= 15 is 0 Å². The number of ether oxygens (including phenoxy) is 1. The molecule has 0 radical (unpaired) electrons. The molecule has 230 valence electrons. The van der Waals surface area contributed by atoms with Crippen LogP contribution in [0.5, 0.6) is 5.75 Å². The van der Waals surface area contributed by atoms with Crippen molar-refractivity contribution in [1.82, 2.24) is 9.78 Å². The average Bonchev–Trinajstić information content (AvgIpc) is 3.65. The number of hydrogen-bond donors (Lipinski definition) is 2. The summed E-state index contributed by atoms with van der Waals surface area (Å²) in [5.41, 5.74) is 7.61. The minimum atomic E-state index is -3.71. The lowest BCUT2D eigenvalue weighted by Gasteiger charge is -2.38. The van der Waals surface area contributed by atoms with Crippen LogP contribution in [0, 0.1) is 18.4 Å². The molecule has 1 aliphatic carbocycles. The second-order valence-electron chi connectivity index (χ2n) is 12.1. The van der Waals surface area contributed by atoms with Crippen molar-refractivity contribution in [2.75, 3.05) is 25.0 Å². The number of amides is 1. The fourth-order valence-corrected chi connectivity index (χ4v) is 7.47. The first-order chi connectivity index (χ1) is 20.2. The van der Waals surface area contributed by atoms with E-state index in [0.29, 0.717) is 31.7 Å². The number of nitrogens with one attached hydrogen (secondary N) is 1. The molecule has 0 bridgehead atoms. The summed E-state index contributed by atoms with van der Waals surface area (Å²) < 4.78 is 34.0. The van der Waals surface area contributed by atoms with E-state index in [1.54, 1.807) is 27.1 Å². The van der Waals surface area contributed by atoms with Gasteiger partial charge in [-0.3, -0.25) is 4.68 Å². The number of anilines is 1. The number of quaternary nitrogens is 1. The van der Waals surface area contributed by atoms with Crippen molar-refractivity contribution in [3.63, 3.8) is 0 Å². The number of nitrogens with two attached hydrogens (primary N) is 1. The number of carbonyl (C=O) groups excluding carboxylic acids is 1. The predicted molar refractivity (Wildman–Crippen MR) is 164 cm³/mol. The zero-order chi connectivity index (χ0) is 31.4. The molecular formula is C29H38ClN8O4S+. The van der Waals surface area contributed by atoms with Crippen LogP contribution >= 0.6 is 11.6 Å². The first-order valence-corrected chi connectivity index (χ1v) is 16.3. The molecule has 43 heavy (non-hydrogen) atoms. The van der Waals surface area contributed by atoms with Gasteiger partial charge in [0.2, 0.25) is 20.8 Å². The smallest absolute Gasteiger partial charge is 0.325 e. The summed E-state index contributed by atoms with van der Waals surface area (Å²) in [6, 6.07) is 5.96. The molecular weight excluding hydrogens is 592 g/mol. The Labute approximate surface area is 257 Å². The third kappa shape index (κ3) is 5.41. The monoisotopic (exact) mass is 629 g/mol. The largest absolute Gasteiger partial charge is 0.485 e. The normalized spacial score (nSPS) is 26.7. The van der Waals surface area contributed by atoms with Gasteiger partial charge in [-0.25, -0.2) is 18.2 Å². The Bertz CT molecular complexity index is 1660. The summed E-state index contributed by atoms with van der Waals surface area (Å²) in [5.74, 6) is 1.07. The van der Waals surface area contributed by atoms with E-state index < -0.39 is 25.6 Å². The molecule has 5 rings (SSSR count). The standard InChI is InChI=1S/C29H38ClN8O4S/c1-18(2)43(40,41)25-24(15-37(5)36-25)34-26-29(30,16-33-27(32)35-26)28(10-11-28)42-22-6-7-23(19(3)14-22)21-8-12-38(17-31,13-9-21)20(4)39/h6-7,14-15,18,21H,8-13,16H2,1-5H3,(H3,32,33,34,35)/q+1. The Morgan fingerprint density at radius 3 is 2.53 bits per heavy atom. The van der Waals surface area contributed by atoms with Gasteiger partial charge in [0.25, 0.3) is 0 Å². The number of aryl methyl sites for hydroxylation is 2. The molecule has 2 aliphatic heterocycles. The van der Waals surface area contributed by atoms with Gasteiger partial charge in [0.1, 0.15) is 30.3 Å². The Balaban J connectivity index is 1.38. The highest BCUT2D eigenvalue weighted by molar-refractivity contribution is 7.92. The molecule has 3 N–H and O–H groups in total. The van der Waals surface area contributed by atoms with E-state index in [-0.39, 0.29) is 45.4 Å². The number of rotatable bonds is 7. The van der Waals surface area contributed by atoms with Gasteiger partial charge in [0.05, 0.1) is 24.4 Å². The van der Waals surface area contributed by atoms with Gasteiger partial charge in [-0.2, -0.15) is 14.6 Å². The van der Waals surface area contributed by atoms with Gasteiger partial charge < -0.3 is 15.8 Å². The lowest BCUT2D eigenvalue weighted by molar-refractivity contribution is -0.794. The summed E-state index contributed by atoms with van der Waals surface area (Å²) >= 11 is 7.34. The number of aliphatic imine (C=N–C) groups is 2. The third-order valence-corrected chi connectivity index (χ3v) is 11.7. The van der Waals surface area contributed by atoms with E-state index in [1.165, 1.54) is 17.2 Å². The molecule has 14 heteroatoms. The summed E-state index contributed by atoms with van der Waals surface area (Å²) in [6.07, 6.45) is 6.55. The predicted octanol–water partition coefficient (Wildman–Crippen LogP) is 3.36. The number of piperidine rings is 1. The molecule has 1 atom stereocenters. The van der Waals surface area contributed by atoms with Crippen molar-refractivity contribution < 1.29 is 22.4 Å². The quantitative estimate of drug-likeness (QED) is 0.267. The molecule has 1 aromatic carbocycles. The second-order valence-corrected chi connectivity index (χ2v) is 15.2. The number of nitriles is 1. The summed E-state index contributed by atoms with van der Waals surface area (Å²) in [4.78, 5) is 19.6. The highest BCUT2D eigenvalue weighted by atomic mass is 35.5. The van der Waals surface area contributed by atoms with Gasteiger partial charge >= 0.3 is 12.1 Å². The molecule has 12 nitrogen and oxygen atoms in total. The first kappa shape index (κ1) is 31.0. The zero-order valence-corrected chi connectivity index (χ0v) is 26.7. The van der Waals surface area contributed by atoms with Gasteiger partial charge in [-0.1, -0.05) is 6.07 Å². The number of likely N-dealkylation sites (tertiary alicyclic amines) is 1. The number of guanidine groups is 1. The van der Waals surface area contributed by atoms with Crippen LogP contribution < -0.4 is 15.8 Å². The average molecular weight is 630 g/mol. The van der Waals surface area contributed by atoms with Crippen LogP contribution in [0.2, 0.25) is 0 Å². The maximum Gasteiger partial charge on any atom is 0.325 e. The maximum atomic E-state index is 13.0.